The lowest BCUT2D eigenvalue weighted by atomic mass is 10.1. The summed E-state index contributed by atoms with van der Waals surface area (Å²) >= 11 is 5.99. The van der Waals surface area contributed by atoms with E-state index in [1.165, 1.54) is 12.1 Å². The number of nitrogens with zero attached hydrogens (tertiary/aromatic N) is 3. The number of benzene rings is 2. The first-order valence-electron chi connectivity index (χ1n) is 6.13. The van der Waals surface area contributed by atoms with Crippen molar-refractivity contribution in [2.24, 2.45) is 7.05 Å². The van der Waals surface area contributed by atoms with Gasteiger partial charge in [-0.3, -0.25) is 10.1 Å². The molecule has 1 aromatic heterocycles. The highest BCUT2D eigenvalue weighted by atomic mass is 35.5. The number of hydrogen-bond donors (Lipinski definition) is 1. The van der Waals surface area contributed by atoms with Gasteiger partial charge in [-0.25, -0.2) is 4.98 Å². The first-order valence-corrected chi connectivity index (χ1v) is 6.51. The smallest absolute Gasteiger partial charge is 0.292 e. The third-order valence-corrected chi connectivity index (χ3v) is 3.56. The number of fused-ring (bicyclic) bond motifs is 1. The van der Waals surface area contributed by atoms with E-state index in [0.717, 1.165) is 11.0 Å². The maximum absolute atomic E-state index is 11.0. The molecule has 2 aromatic carbocycles. The van der Waals surface area contributed by atoms with Crippen LogP contribution in [-0.2, 0) is 7.05 Å². The summed E-state index contributed by atoms with van der Waals surface area (Å²) in [5, 5.41) is 11.6. The van der Waals surface area contributed by atoms with E-state index in [0.29, 0.717) is 16.4 Å². The van der Waals surface area contributed by atoms with Crippen LogP contribution in [0.3, 0.4) is 0 Å². The highest BCUT2D eigenvalue weighted by Crippen LogP contribution is 2.30. The van der Waals surface area contributed by atoms with E-state index in [2.05, 4.69) is 4.98 Å². The normalized spacial score (nSPS) is 11.0. The number of nitrogens with two attached hydrogens (primary N) is 1. The van der Waals surface area contributed by atoms with Crippen molar-refractivity contribution in [1.29, 1.82) is 0 Å². The second-order valence-corrected chi connectivity index (χ2v) is 5.09. The highest BCUT2D eigenvalue weighted by Gasteiger charge is 2.16. The molecule has 7 heteroatoms. The van der Waals surface area contributed by atoms with Crippen LogP contribution in [0.4, 0.5) is 11.4 Å². The Bertz CT molecular complexity index is 873. The minimum Gasteiger partial charge on any atom is -0.393 e. The Morgan fingerprint density at radius 2 is 2.05 bits per heavy atom. The Labute approximate surface area is 124 Å². The number of nitro groups is 1. The van der Waals surface area contributed by atoms with E-state index < -0.39 is 4.92 Å². The second-order valence-electron chi connectivity index (χ2n) is 4.66. The van der Waals surface area contributed by atoms with E-state index >= 15 is 0 Å². The van der Waals surface area contributed by atoms with Gasteiger partial charge in [-0.15, -0.1) is 0 Å². The fraction of sp³-hybridized carbons (Fsp3) is 0.0714. The molecule has 6 nitrogen and oxygen atoms in total. The zero-order valence-corrected chi connectivity index (χ0v) is 11.8. The number of anilines is 1. The van der Waals surface area contributed by atoms with Gasteiger partial charge in [0, 0.05) is 23.7 Å². The SMILES string of the molecule is Cn1c(-c2ccc(N)c([N+](=O)[O-])c2)nc2ccc(Cl)cc21. The maximum atomic E-state index is 11.0. The molecule has 0 amide bonds. The molecule has 0 aliphatic heterocycles. The molecule has 0 radical (unpaired) electrons. The Balaban J connectivity index is 2.23. The Kier molecular flexibility index (Phi) is 3.03. The van der Waals surface area contributed by atoms with Gasteiger partial charge in [0.1, 0.15) is 11.5 Å². The zero-order valence-electron chi connectivity index (χ0n) is 11.1. The minimum atomic E-state index is -0.502. The summed E-state index contributed by atoms with van der Waals surface area (Å²) in [5.74, 6) is 0.621. The molecule has 0 aliphatic carbocycles. The number of aryl methyl sites for hydroxylation is 1. The van der Waals surface area contributed by atoms with Crippen LogP contribution >= 0.6 is 11.6 Å². The largest absolute Gasteiger partial charge is 0.393 e. The quantitative estimate of drug-likeness (QED) is 0.446. The van der Waals surface area contributed by atoms with Crippen molar-refractivity contribution in [1.82, 2.24) is 9.55 Å². The Hall–Kier alpha value is -2.60. The summed E-state index contributed by atoms with van der Waals surface area (Å²) in [6, 6.07) is 10.0. The lowest BCUT2D eigenvalue weighted by Crippen LogP contribution is -1.98. The van der Waals surface area contributed by atoms with Gasteiger partial charge in [0.05, 0.1) is 16.0 Å². The van der Waals surface area contributed by atoms with Crippen LogP contribution in [0.25, 0.3) is 22.4 Å². The van der Waals surface area contributed by atoms with Gasteiger partial charge >= 0.3 is 0 Å². The van der Waals surface area contributed by atoms with Gasteiger partial charge in [-0.2, -0.15) is 0 Å². The van der Waals surface area contributed by atoms with E-state index in [1.54, 1.807) is 18.2 Å². The summed E-state index contributed by atoms with van der Waals surface area (Å²) in [5.41, 5.74) is 7.88. The third-order valence-electron chi connectivity index (χ3n) is 3.33. The molecule has 1 heterocycles. The summed E-state index contributed by atoms with van der Waals surface area (Å²) in [6.07, 6.45) is 0. The fourth-order valence-electron chi connectivity index (χ4n) is 2.26. The fourth-order valence-corrected chi connectivity index (χ4v) is 2.43. The molecule has 0 bridgehead atoms. The molecule has 0 aliphatic rings. The molecule has 0 unspecified atom stereocenters. The average molecular weight is 303 g/mol. The number of hydrogen-bond acceptors (Lipinski definition) is 4. The molecule has 0 saturated carbocycles. The number of halogens is 1. The number of nitro benzene ring substituents is 1. The number of nitrogen functional groups attached to an aromatic ring is 1. The van der Waals surface area contributed by atoms with Crippen LogP contribution in [0.5, 0.6) is 0 Å². The topological polar surface area (TPSA) is 87.0 Å². The van der Waals surface area contributed by atoms with E-state index in [9.17, 15) is 10.1 Å². The first-order chi connectivity index (χ1) is 9.97. The lowest BCUT2D eigenvalue weighted by Gasteiger charge is -2.04. The van der Waals surface area contributed by atoms with Crippen molar-refractivity contribution in [2.75, 3.05) is 5.73 Å². The Morgan fingerprint density at radius 1 is 1.29 bits per heavy atom. The van der Waals surface area contributed by atoms with Crippen molar-refractivity contribution >= 4 is 34.0 Å². The number of imidazole rings is 1. The van der Waals surface area contributed by atoms with Crippen LogP contribution in [-0.4, -0.2) is 14.5 Å². The van der Waals surface area contributed by atoms with E-state index in [4.69, 9.17) is 17.3 Å². The van der Waals surface area contributed by atoms with Crippen LogP contribution in [0.2, 0.25) is 5.02 Å². The van der Waals surface area contributed by atoms with Gasteiger partial charge in [-0.1, -0.05) is 11.6 Å². The van der Waals surface area contributed by atoms with Gasteiger partial charge in [0.25, 0.3) is 5.69 Å². The van der Waals surface area contributed by atoms with Crippen LogP contribution < -0.4 is 5.73 Å². The number of aromatic nitrogens is 2. The molecule has 0 spiro atoms. The van der Waals surface area contributed by atoms with Gasteiger partial charge in [-0.05, 0) is 30.3 Å². The second kappa shape index (κ2) is 4.75. The van der Waals surface area contributed by atoms with Crippen LogP contribution in [0, 0.1) is 10.1 Å². The summed E-state index contributed by atoms with van der Waals surface area (Å²) in [7, 11) is 1.84. The standard InChI is InChI=1S/C14H11ClN4O2/c1-18-13-7-9(15)3-5-11(13)17-14(18)8-2-4-10(16)12(6-8)19(20)21/h2-7H,16H2,1H3. The predicted octanol–water partition coefficient (Wildman–Crippen LogP) is 3.38. The molecule has 21 heavy (non-hydrogen) atoms. The molecule has 0 atom stereocenters. The third kappa shape index (κ3) is 2.19. The van der Waals surface area contributed by atoms with Crippen molar-refractivity contribution in [3.63, 3.8) is 0 Å². The van der Waals surface area contributed by atoms with Crippen molar-refractivity contribution in [3.8, 4) is 11.4 Å². The summed E-state index contributed by atoms with van der Waals surface area (Å²) < 4.78 is 1.84. The minimum absolute atomic E-state index is 0.127. The monoisotopic (exact) mass is 302 g/mol. The van der Waals surface area contributed by atoms with Gasteiger partial charge in [0.15, 0.2) is 0 Å². The molecule has 106 valence electrons. The molecule has 2 N–H and O–H groups in total. The van der Waals surface area contributed by atoms with Crippen LogP contribution in [0.1, 0.15) is 0 Å². The van der Waals surface area contributed by atoms with Crippen molar-refractivity contribution in [3.05, 3.63) is 51.5 Å². The van der Waals surface area contributed by atoms with Crippen molar-refractivity contribution in [2.45, 2.75) is 0 Å². The molecule has 0 fully saturated rings. The van der Waals surface area contributed by atoms with Gasteiger partial charge < -0.3 is 10.3 Å². The molecule has 3 aromatic rings. The molecule has 0 saturated heterocycles. The predicted molar refractivity (Wildman–Crippen MR) is 82.2 cm³/mol. The molecular formula is C14H11ClN4O2. The zero-order chi connectivity index (χ0) is 15.1. The van der Waals surface area contributed by atoms with E-state index in [-0.39, 0.29) is 11.4 Å². The van der Waals surface area contributed by atoms with Gasteiger partial charge in [0.2, 0.25) is 0 Å². The summed E-state index contributed by atoms with van der Waals surface area (Å²) in [6.45, 7) is 0. The van der Waals surface area contributed by atoms with Crippen molar-refractivity contribution < 1.29 is 4.92 Å². The van der Waals surface area contributed by atoms with E-state index in [1.807, 2.05) is 17.7 Å². The average Bonchev–Trinajstić information content (AvgIpc) is 2.76. The lowest BCUT2D eigenvalue weighted by molar-refractivity contribution is -0.383. The maximum Gasteiger partial charge on any atom is 0.292 e. The number of rotatable bonds is 2. The highest BCUT2D eigenvalue weighted by molar-refractivity contribution is 6.31. The first kappa shape index (κ1) is 13.4. The van der Waals surface area contributed by atoms with Crippen LogP contribution in [0.15, 0.2) is 36.4 Å². The Morgan fingerprint density at radius 3 is 2.76 bits per heavy atom. The molecular weight excluding hydrogens is 292 g/mol. The molecule has 3 rings (SSSR count). The summed E-state index contributed by atoms with van der Waals surface area (Å²) in [4.78, 5) is 15.0.